The quantitative estimate of drug-likeness (QED) is 0.895. The molecule has 0 unspecified atom stereocenters. The topological polar surface area (TPSA) is 58.4 Å². The number of hydrogen-bond acceptors (Lipinski definition) is 3. The molecule has 1 saturated carbocycles. The Morgan fingerprint density at radius 3 is 2.81 bits per heavy atom. The number of aromatic nitrogens is 2. The zero-order valence-electron chi connectivity index (χ0n) is 15.3. The summed E-state index contributed by atoms with van der Waals surface area (Å²) in [5, 5.41) is 14.6. The van der Waals surface area contributed by atoms with E-state index in [2.05, 4.69) is 41.2 Å². The van der Waals surface area contributed by atoms with E-state index >= 15 is 0 Å². The summed E-state index contributed by atoms with van der Waals surface area (Å²) in [6, 6.07) is 12.6. The Hall–Kier alpha value is -2.14. The van der Waals surface area contributed by atoms with E-state index in [4.69, 9.17) is 0 Å². The van der Waals surface area contributed by atoms with Gasteiger partial charge < -0.3 is 5.11 Å². The first-order chi connectivity index (χ1) is 12.6. The molecule has 1 aromatic heterocycles. The van der Waals surface area contributed by atoms with Gasteiger partial charge in [0.05, 0.1) is 11.1 Å². The first-order valence-electron chi connectivity index (χ1n) is 9.64. The van der Waals surface area contributed by atoms with Crippen molar-refractivity contribution in [2.45, 2.75) is 45.2 Å². The SMILES string of the molecule is CCn1ccc(CN2C[C@H]3C[C@H](c4ccccc4)CC[C@@]3(C(=O)O)C2)n1. The number of carboxylic acid groups (broad SMARTS) is 1. The Morgan fingerprint density at radius 1 is 1.31 bits per heavy atom. The van der Waals surface area contributed by atoms with Crippen LogP contribution in [-0.4, -0.2) is 38.8 Å². The summed E-state index contributed by atoms with van der Waals surface area (Å²) < 4.78 is 1.93. The van der Waals surface area contributed by atoms with Crippen LogP contribution >= 0.6 is 0 Å². The molecule has 2 aromatic rings. The van der Waals surface area contributed by atoms with E-state index in [1.807, 2.05) is 23.0 Å². The number of aryl methyl sites for hydroxylation is 1. The van der Waals surface area contributed by atoms with Crippen LogP contribution in [0.25, 0.3) is 0 Å². The number of aliphatic carboxylic acids is 1. The molecule has 0 bridgehead atoms. The van der Waals surface area contributed by atoms with Crippen molar-refractivity contribution < 1.29 is 9.90 Å². The Balaban J connectivity index is 1.51. The maximum Gasteiger partial charge on any atom is 0.311 e. The van der Waals surface area contributed by atoms with Gasteiger partial charge in [-0.15, -0.1) is 0 Å². The predicted octanol–water partition coefficient (Wildman–Crippen LogP) is 3.37. The molecule has 0 radical (unpaired) electrons. The van der Waals surface area contributed by atoms with Crippen molar-refractivity contribution in [3.8, 4) is 0 Å². The third kappa shape index (κ3) is 3.05. The number of likely N-dealkylation sites (tertiary alicyclic amines) is 1. The molecule has 1 N–H and O–H groups in total. The smallest absolute Gasteiger partial charge is 0.311 e. The van der Waals surface area contributed by atoms with Crippen molar-refractivity contribution in [2.24, 2.45) is 11.3 Å². The van der Waals surface area contributed by atoms with Gasteiger partial charge in [0.1, 0.15) is 0 Å². The van der Waals surface area contributed by atoms with Crippen LogP contribution in [0.2, 0.25) is 0 Å². The summed E-state index contributed by atoms with van der Waals surface area (Å²) >= 11 is 0. The summed E-state index contributed by atoms with van der Waals surface area (Å²) in [5.41, 5.74) is 1.80. The van der Waals surface area contributed by atoms with Gasteiger partial charge in [-0.05, 0) is 49.7 Å². The van der Waals surface area contributed by atoms with Gasteiger partial charge in [-0.2, -0.15) is 5.10 Å². The molecule has 2 heterocycles. The summed E-state index contributed by atoms with van der Waals surface area (Å²) in [6.07, 6.45) is 4.70. The molecule has 5 nitrogen and oxygen atoms in total. The number of benzene rings is 1. The molecular formula is C21H27N3O2. The largest absolute Gasteiger partial charge is 0.481 e. The number of carboxylic acids is 1. The highest BCUT2D eigenvalue weighted by atomic mass is 16.4. The zero-order valence-corrected chi connectivity index (χ0v) is 15.3. The van der Waals surface area contributed by atoms with E-state index < -0.39 is 11.4 Å². The lowest BCUT2D eigenvalue weighted by molar-refractivity contribution is -0.152. The Bertz CT molecular complexity index is 773. The van der Waals surface area contributed by atoms with Crippen LogP contribution in [0.15, 0.2) is 42.6 Å². The van der Waals surface area contributed by atoms with Crippen LogP contribution in [0.1, 0.15) is 43.4 Å². The second kappa shape index (κ2) is 6.88. The van der Waals surface area contributed by atoms with Crippen molar-refractivity contribution in [3.05, 3.63) is 53.9 Å². The lowest BCUT2D eigenvalue weighted by atomic mass is 9.64. The van der Waals surface area contributed by atoms with E-state index in [1.165, 1.54) is 5.56 Å². The average molecular weight is 353 g/mol. The third-order valence-corrected chi connectivity index (χ3v) is 6.38. The van der Waals surface area contributed by atoms with E-state index in [-0.39, 0.29) is 5.92 Å². The van der Waals surface area contributed by atoms with Gasteiger partial charge in [0.25, 0.3) is 0 Å². The number of fused-ring (bicyclic) bond motifs is 1. The molecule has 5 heteroatoms. The summed E-state index contributed by atoms with van der Waals surface area (Å²) in [5.74, 6) is 0.0794. The molecule has 0 amide bonds. The van der Waals surface area contributed by atoms with Crippen LogP contribution < -0.4 is 0 Å². The minimum Gasteiger partial charge on any atom is -0.481 e. The first kappa shape index (κ1) is 17.3. The molecule has 3 atom stereocenters. The van der Waals surface area contributed by atoms with Crippen molar-refractivity contribution >= 4 is 5.97 Å². The molecule has 1 aliphatic carbocycles. The van der Waals surface area contributed by atoms with Crippen LogP contribution in [0, 0.1) is 11.3 Å². The highest BCUT2D eigenvalue weighted by Crippen LogP contribution is 2.51. The third-order valence-electron chi connectivity index (χ3n) is 6.38. The summed E-state index contributed by atoms with van der Waals surface area (Å²) in [7, 11) is 0. The van der Waals surface area contributed by atoms with Crippen molar-refractivity contribution in [3.63, 3.8) is 0 Å². The van der Waals surface area contributed by atoms with Gasteiger partial charge in [-0.3, -0.25) is 14.4 Å². The normalized spacial score (nSPS) is 28.8. The highest BCUT2D eigenvalue weighted by Gasteiger charge is 2.54. The van der Waals surface area contributed by atoms with Crippen LogP contribution in [0.5, 0.6) is 0 Å². The number of nitrogens with zero attached hydrogens (tertiary/aromatic N) is 3. The van der Waals surface area contributed by atoms with E-state index in [0.717, 1.165) is 44.6 Å². The first-order valence-corrected chi connectivity index (χ1v) is 9.64. The predicted molar refractivity (Wildman–Crippen MR) is 99.8 cm³/mol. The van der Waals surface area contributed by atoms with Gasteiger partial charge in [-0.1, -0.05) is 30.3 Å². The average Bonchev–Trinajstić information content (AvgIpc) is 3.26. The van der Waals surface area contributed by atoms with E-state index in [0.29, 0.717) is 12.5 Å². The van der Waals surface area contributed by atoms with Gasteiger partial charge >= 0.3 is 5.97 Å². The number of rotatable bonds is 5. The zero-order chi connectivity index (χ0) is 18.1. The maximum absolute atomic E-state index is 12.2. The fourth-order valence-corrected chi connectivity index (χ4v) is 4.95. The molecular weight excluding hydrogens is 326 g/mol. The maximum atomic E-state index is 12.2. The molecule has 1 saturated heterocycles. The van der Waals surface area contributed by atoms with Gasteiger partial charge in [0.2, 0.25) is 0 Å². The number of hydrogen-bond donors (Lipinski definition) is 1. The minimum absolute atomic E-state index is 0.215. The lowest BCUT2D eigenvalue weighted by Crippen LogP contribution is -2.42. The fourth-order valence-electron chi connectivity index (χ4n) is 4.95. The van der Waals surface area contributed by atoms with E-state index in [9.17, 15) is 9.90 Å². The molecule has 4 rings (SSSR count). The molecule has 1 aromatic carbocycles. The molecule has 2 aliphatic rings. The summed E-state index contributed by atoms with van der Waals surface area (Å²) in [6.45, 7) is 5.18. The van der Waals surface area contributed by atoms with Crippen LogP contribution in [0.4, 0.5) is 0 Å². The molecule has 2 fully saturated rings. The molecule has 1 aliphatic heterocycles. The van der Waals surface area contributed by atoms with Gasteiger partial charge in [0.15, 0.2) is 0 Å². The summed E-state index contributed by atoms with van der Waals surface area (Å²) in [4.78, 5) is 14.5. The van der Waals surface area contributed by atoms with Crippen molar-refractivity contribution in [1.82, 2.24) is 14.7 Å². The molecule has 138 valence electrons. The van der Waals surface area contributed by atoms with E-state index in [1.54, 1.807) is 0 Å². The fraction of sp³-hybridized carbons (Fsp3) is 0.524. The van der Waals surface area contributed by atoms with Crippen LogP contribution in [0.3, 0.4) is 0 Å². The second-order valence-corrected chi connectivity index (χ2v) is 7.87. The minimum atomic E-state index is -0.615. The Labute approximate surface area is 154 Å². The van der Waals surface area contributed by atoms with Gasteiger partial charge in [-0.25, -0.2) is 0 Å². The van der Waals surface area contributed by atoms with Crippen LogP contribution in [-0.2, 0) is 17.9 Å². The number of carbonyl (C=O) groups is 1. The lowest BCUT2D eigenvalue weighted by Gasteiger charge is -2.38. The monoisotopic (exact) mass is 353 g/mol. The standard InChI is InChI=1S/C21H27N3O2/c1-2-24-11-9-19(22-24)14-23-13-18-12-17(16-6-4-3-5-7-16)8-10-21(18,15-23)20(25)26/h3-7,9,11,17-18H,2,8,10,12-15H2,1H3,(H,25,26)/t17-,18-,21-/m1/s1. The Kier molecular flexibility index (Phi) is 4.57. The molecule has 26 heavy (non-hydrogen) atoms. The second-order valence-electron chi connectivity index (χ2n) is 7.87. The van der Waals surface area contributed by atoms with Crippen molar-refractivity contribution in [2.75, 3.05) is 13.1 Å². The Morgan fingerprint density at radius 2 is 2.12 bits per heavy atom. The highest BCUT2D eigenvalue weighted by molar-refractivity contribution is 5.76. The van der Waals surface area contributed by atoms with Gasteiger partial charge in [0, 0.05) is 32.4 Å². The molecule has 0 spiro atoms. The van der Waals surface area contributed by atoms with Crippen molar-refractivity contribution in [1.29, 1.82) is 0 Å².